The molecule has 2 aromatic carbocycles. The summed E-state index contributed by atoms with van der Waals surface area (Å²) in [6.07, 6.45) is 3.89. The number of nitrogens with zero attached hydrogens (tertiary/aromatic N) is 2. The molecule has 1 atom stereocenters. The van der Waals surface area contributed by atoms with Crippen molar-refractivity contribution in [2.45, 2.75) is 37.8 Å². The Balaban J connectivity index is 1.63. The number of thiazole rings is 1. The highest BCUT2D eigenvalue weighted by atomic mass is 32.3. The number of benzene rings is 2. The molecule has 1 N–H and O–H groups in total. The summed E-state index contributed by atoms with van der Waals surface area (Å²) in [6, 6.07) is 16.2. The number of rotatable bonds is 9. The van der Waals surface area contributed by atoms with E-state index < -0.39 is 16.5 Å². The van der Waals surface area contributed by atoms with Crippen LogP contribution in [0.1, 0.15) is 25.3 Å². The summed E-state index contributed by atoms with van der Waals surface area (Å²) >= 11 is 3.33. The van der Waals surface area contributed by atoms with E-state index >= 15 is 0 Å². The van der Waals surface area contributed by atoms with Gasteiger partial charge in [-0.15, -0.1) is 0 Å². The van der Waals surface area contributed by atoms with Gasteiger partial charge < -0.3 is 14.6 Å². The highest BCUT2D eigenvalue weighted by Gasteiger charge is 2.25. The number of anilines is 1. The van der Waals surface area contributed by atoms with Crippen LogP contribution in [0.15, 0.2) is 70.1 Å². The molecule has 0 aliphatic carbocycles. The van der Waals surface area contributed by atoms with E-state index in [1.807, 2.05) is 37.3 Å². The predicted octanol–water partition coefficient (Wildman–Crippen LogP) is 4.29. The van der Waals surface area contributed by atoms with Crippen LogP contribution >= 0.6 is 23.1 Å². The molecule has 1 aromatic heterocycles. The normalized spacial score (nSPS) is 16.4. The van der Waals surface area contributed by atoms with Crippen LogP contribution in [-0.4, -0.2) is 37.3 Å². The number of para-hydroxylation sites is 2. The first-order chi connectivity index (χ1) is 16.2. The summed E-state index contributed by atoms with van der Waals surface area (Å²) in [5, 5.41) is 11.6. The van der Waals surface area contributed by atoms with Crippen LogP contribution in [-0.2, 0) is 21.1 Å². The van der Waals surface area contributed by atoms with Gasteiger partial charge >= 0.3 is 0 Å². The number of aromatic nitrogens is 1. The van der Waals surface area contributed by atoms with E-state index in [2.05, 4.69) is 44.0 Å². The van der Waals surface area contributed by atoms with Crippen molar-refractivity contribution in [3.05, 3.63) is 70.2 Å². The Kier molecular flexibility index (Phi) is 7.76. The van der Waals surface area contributed by atoms with Crippen LogP contribution < -0.4 is 9.47 Å². The zero-order valence-corrected chi connectivity index (χ0v) is 21.3. The molecule has 0 spiro atoms. The molecule has 10 heteroatoms. The Morgan fingerprint density at radius 2 is 1.97 bits per heavy atom. The lowest BCUT2D eigenvalue weighted by Gasteiger charge is -2.19. The first-order valence-electron chi connectivity index (χ1n) is 10.9. The molecule has 0 fully saturated rings. The lowest BCUT2D eigenvalue weighted by molar-refractivity contribution is -0.670. The second-order valence-electron chi connectivity index (χ2n) is 7.98. The van der Waals surface area contributed by atoms with E-state index in [4.69, 9.17) is 0 Å². The summed E-state index contributed by atoms with van der Waals surface area (Å²) in [7, 11) is -4.73. The quantitative estimate of drug-likeness (QED) is 0.257. The number of aliphatic hydroxyl groups excluding tert-OH is 1. The summed E-state index contributed by atoms with van der Waals surface area (Å²) in [4.78, 5) is 3.29. The van der Waals surface area contributed by atoms with Crippen molar-refractivity contribution in [3.63, 3.8) is 0 Å². The summed E-state index contributed by atoms with van der Waals surface area (Å²) in [6.45, 7) is 4.71. The topological polar surface area (TPSA) is 93.8 Å². The van der Waals surface area contributed by atoms with Gasteiger partial charge in [0.15, 0.2) is 6.54 Å². The standard InChI is InChI=1S/C24H26N2O5S3/c1-17(16-24-26(13-14-27)20-8-4-6-10-22(20)33-24)15-23-25(12-11-18(2)31-34(28,29)30)19-7-3-5-9-21(19)32-23/h3-10,15-16,18,27H,11-14H2,1-2H3. The van der Waals surface area contributed by atoms with Gasteiger partial charge in [-0.05, 0) is 43.7 Å². The first kappa shape index (κ1) is 24.9. The van der Waals surface area contributed by atoms with Crippen molar-refractivity contribution >= 4 is 55.5 Å². The predicted molar refractivity (Wildman–Crippen MR) is 135 cm³/mol. The van der Waals surface area contributed by atoms with Crippen molar-refractivity contribution in [1.29, 1.82) is 0 Å². The van der Waals surface area contributed by atoms with Gasteiger partial charge in [-0.3, -0.25) is 4.18 Å². The van der Waals surface area contributed by atoms with Crippen LogP contribution in [0.2, 0.25) is 0 Å². The van der Waals surface area contributed by atoms with Crippen LogP contribution in [0.5, 0.6) is 0 Å². The highest BCUT2D eigenvalue weighted by molar-refractivity contribution is 8.03. The average molecular weight is 519 g/mol. The van der Waals surface area contributed by atoms with Gasteiger partial charge in [0.1, 0.15) is 4.70 Å². The number of hydrogen-bond donors (Lipinski definition) is 1. The molecule has 0 radical (unpaired) electrons. The molecule has 0 saturated heterocycles. The largest absolute Gasteiger partial charge is 0.726 e. The van der Waals surface area contributed by atoms with E-state index in [1.54, 1.807) is 30.0 Å². The molecule has 0 bridgehead atoms. The SMILES string of the molecule is CC(/C=C1\Sc2ccccc2N1CCO)=C\c1sc2ccccc2[n+]1CCC(C)OS(=O)(=O)[O-]. The summed E-state index contributed by atoms with van der Waals surface area (Å²) < 4.78 is 40.6. The number of fused-ring (bicyclic) bond motifs is 2. The molecular formula is C24H26N2O5S3. The van der Waals surface area contributed by atoms with Crippen molar-refractivity contribution in [3.8, 4) is 0 Å². The zero-order valence-electron chi connectivity index (χ0n) is 18.9. The minimum Gasteiger partial charge on any atom is -0.726 e. The maximum atomic E-state index is 10.9. The fourth-order valence-corrected chi connectivity index (χ4v) is 6.77. The zero-order chi connectivity index (χ0) is 24.3. The molecule has 7 nitrogen and oxygen atoms in total. The molecule has 4 rings (SSSR count). The summed E-state index contributed by atoms with van der Waals surface area (Å²) in [5.41, 5.74) is 3.19. The number of aliphatic hydroxyl groups is 1. The van der Waals surface area contributed by atoms with Gasteiger partial charge in [-0.2, -0.15) is 4.57 Å². The van der Waals surface area contributed by atoms with Gasteiger partial charge in [-0.1, -0.05) is 47.4 Å². The van der Waals surface area contributed by atoms with Gasteiger partial charge in [-0.25, -0.2) is 8.42 Å². The van der Waals surface area contributed by atoms with Crippen molar-refractivity contribution in [2.75, 3.05) is 18.1 Å². The smallest absolute Gasteiger partial charge is 0.263 e. The highest BCUT2D eigenvalue weighted by Crippen LogP contribution is 2.45. The van der Waals surface area contributed by atoms with E-state index in [1.165, 1.54) is 0 Å². The Labute approximate surface area is 207 Å². The maximum Gasteiger partial charge on any atom is 0.263 e. The molecule has 3 aromatic rings. The maximum absolute atomic E-state index is 10.9. The molecule has 1 aliphatic heterocycles. The molecule has 0 amide bonds. The molecule has 34 heavy (non-hydrogen) atoms. The van der Waals surface area contributed by atoms with Gasteiger partial charge in [0, 0.05) is 30.0 Å². The lowest BCUT2D eigenvalue weighted by atomic mass is 10.2. The average Bonchev–Trinajstić information content (AvgIpc) is 3.29. The van der Waals surface area contributed by atoms with Crippen molar-refractivity contribution < 1.29 is 26.8 Å². The third kappa shape index (κ3) is 5.88. The number of allylic oxidation sites excluding steroid dienone is 2. The number of hydrogen-bond acceptors (Lipinski definition) is 8. The minimum atomic E-state index is -4.73. The van der Waals surface area contributed by atoms with E-state index in [0.717, 1.165) is 36.4 Å². The third-order valence-electron chi connectivity index (χ3n) is 5.34. The third-order valence-corrected chi connectivity index (χ3v) is 8.13. The van der Waals surface area contributed by atoms with Gasteiger partial charge in [0.25, 0.3) is 5.01 Å². The number of aryl methyl sites for hydroxylation is 1. The van der Waals surface area contributed by atoms with Gasteiger partial charge in [0.05, 0.1) is 23.4 Å². The fraction of sp³-hybridized carbons (Fsp3) is 0.292. The number of thioether (sulfide) groups is 1. The second kappa shape index (κ2) is 10.6. The minimum absolute atomic E-state index is 0.0602. The number of β-amino-alcohol motifs (C(OH)–C–C–N with tert-alkyl or cyclic N) is 1. The first-order valence-corrected chi connectivity index (χ1v) is 13.8. The lowest BCUT2D eigenvalue weighted by Crippen LogP contribution is -2.37. The monoisotopic (exact) mass is 518 g/mol. The Hall–Kier alpha value is -2.21. The second-order valence-corrected chi connectivity index (χ2v) is 11.1. The molecule has 1 unspecified atom stereocenters. The van der Waals surface area contributed by atoms with Gasteiger partial charge in [0.2, 0.25) is 15.9 Å². The molecule has 0 saturated carbocycles. The Morgan fingerprint density at radius 1 is 1.24 bits per heavy atom. The molecular weight excluding hydrogens is 492 g/mol. The fourth-order valence-electron chi connectivity index (χ4n) is 3.87. The Bertz CT molecular complexity index is 1350. The van der Waals surface area contributed by atoms with Crippen LogP contribution in [0.3, 0.4) is 0 Å². The van der Waals surface area contributed by atoms with Crippen molar-refractivity contribution in [1.82, 2.24) is 0 Å². The Morgan fingerprint density at radius 3 is 2.74 bits per heavy atom. The summed E-state index contributed by atoms with van der Waals surface area (Å²) in [5.74, 6) is 0. The van der Waals surface area contributed by atoms with E-state index in [9.17, 15) is 18.1 Å². The van der Waals surface area contributed by atoms with Crippen LogP contribution in [0.25, 0.3) is 16.3 Å². The molecule has 1 aliphatic rings. The van der Waals surface area contributed by atoms with Crippen molar-refractivity contribution in [2.24, 2.45) is 0 Å². The van der Waals surface area contributed by atoms with E-state index in [0.29, 0.717) is 19.5 Å². The van der Waals surface area contributed by atoms with Crippen LogP contribution in [0, 0.1) is 0 Å². The molecule has 2 heterocycles. The molecule has 180 valence electrons. The van der Waals surface area contributed by atoms with Crippen LogP contribution in [0.4, 0.5) is 5.69 Å². The van der Waals surface area contributed by atoms with E-state index in [-0.39, 0.29) is 6.61 Å².